The Morgan fingerprint density at radius 1 is 1.55 bits per heavy atom. The van der Waals surface area contributed by atoms with Crippen molar-refractivity contribution >= 4 is 5.78 Å². The Balaban J connectivity index is 2.14. The maximum atomic E-state index is 12.5. The molecule has 1 fully saturated rings. The number of Topliss-reactive ketones (excluding diaryl/α,β-unsaturated/α-hetero) is 1. The molecule has 1 aromatic heterocycles. The van der Waals surface area contributed by atoms with E-state index in [9.17, 15) is 4.79 Å². The summed E-state index contributed by atoms with van der Waals surface area (Å²) in [4.78, 5) is 14.6. The van der Waals surface area contributed by atoms with E-state index in [-0.39, 0.29) is 11.3 Å². The van der Waals surface area contributed by atoms with Crippen LogP contribution in [0.25, 0.3) is 0 Å². The summed E-state index contributed by atoms with van der Waals surface area (Å²) in [5.74, 6) is 0.567. The molecule has 1 aliphatic carbocycles. The van der Waals surface area contributed by atoms with Gasteiger partial charge in [-0.3, -0.25) is 9.48 Å². The molecule has 0 saturated heterocycles. The van der Waals surface area contributed by atoms with Crippen LogP contribution in [0.15, 0.2) is 6.20 Å². The summed E-state index contributed by atoms with van der Waals surface area (Å²) in [6.07, 6.45) is 4.93. The lowest BCUT2D eigenvalue weighted by molar-refractivity contribution is 0.0897. The molecule has 0 spiro atoms. The molecule has 1 aromatic rings. The Hall–Kier alpha value is -1.40. The van der Waals surface area contributed by atoms with Crippen LogP contribution in [0.3, 0.4) is 0 Å². The number of hydrogen-bond acceptors (Lipinski definition) is 5. The first-order valence-corrected chi connectivity index (χ1v) is 7.02. The summed E-state index contributed by atoms with van der Waals surface area (Å²) >= 11 is 0. The number of rotatable bonds is 7. The highest BCUT2D eigenvalue weighted by molar-refractivity contribution is 5.97. The number of ketones is 1. The van der Waals surface area contributed by atoms with Crippen LogP contribution < -0.4 is 10.5 Å². The molecule has 1 heterocycles. The summed E-state index contributed by atoms with van der Waals surface area (Å²) in [5, 5.41) is 4.26. The lowest BCUT2D eigenvalue weighted by atomic mass is 9.74. The van der Waals surface area contributed by atoms with Crippen molar-refractivity contribution in [1.82, 2.24) is 14.7 Å². The lowest BCUT2D eigenvalue weighted by Crippen LogP contribution is -2.48. The molecule has 0 aromatic carbocycles. The monoisotopic (exact) mass is 280 g/mol. The Labute approximate surface area is 119 Å². The predicted octanol–water partition coefficient (Wildman–Crippen LogP) is 0.907. The third kappa shape index (κ3) is 3.19. The Morgan fingerprint density at radius 2 is 2.25 bits per heavy atom. The average molecular weight is 280 g/mol. The minimum Gasteiger partial charge on any atom is -0.493 e. The van der Waals surface area contributed by atoms with Crippen LogP contribution >= 0.6 is 0 Å². The van der Waals surface area contributed by atoms with Gasteiger partial charge in [-0.2, -0.15) is 5.10 Å². The van der Waals surface area contributed by atoms with Crippen LogP contribution in [-0.2, 0) is 6.54 Å². The zero-order valence-corrected chi connectivity index (χ0v) is 12.6. The number of methoxy groups -OCH3 is 1. The summed E-state index contributed by atoms with van der Waals surface area (Å²) in [6.45, 7) is 1.48. The molecule has 0 radical (unpaired) electrons. The largest absolute Gasteiger partial charge is 0.493 e. The van der Waals surface area contributed by atoms with Gasteiger partial charge in [-0.05, 0) is 33.4 Å². The molecule has 6 heteroatoms. The molecule has 0 amide bonds. The molecule has 112 valence electrons. The van der Waals surface area contributed by atoms with Crippen LogP contribution in [0.2, 0.25) is 0 Å². The average Bonchev–Trinajstić information content (AvgIpc) is 2.77. The van der Waals surface area contributed by atoms with Crippen molar-refractivity contribution in [3.63, 3.8) is 0 Å². The standard InChI is InChI=1S/C14H24N4O2/c1-17(2)7-8-18-13(12(20-3)10-16-18)11(19)9-14(15)5-4-6-14/h10H,4-9,15H2,1-3H3. The summed E-state index contributed by atoms with van der Waals surface area (Å²) in [6, 6.07) is 0. The van der Waals surface area contributed by atoms with E-state index in [0.29, 0.717) is 24.4 Å². The predicted molar refractivity (Wildman–Crippen MR) is 77.0 cm³/mol. The molecule has 1 saturated carbocycles. The van der Waals surface area contributed by atoms with E-state index in [0.717, 1.165) is 25.8 Å². The summed E-state index contributed by atoms with van der Waals surface area (Å²) in [5.41, 5.74) is 6.40. The molecular weight excluding hydrogens is 256 g/mol. The smallest absolute Gasteiger partial charge is 0.186 e. The van der Waals surface area contributed by atoms with Gasteiger partial charge in [0.25, 0.3) is 0 Å². The second kappa shape index (κ2) is 5.93. The number of carbonyl (C=O) groups excluding carboxylic acids is 1. The van der Waals surface area contributed by atoms with Gasteiger partial charge >= 0.3 is 0 Å². The van der Waals surface area contributed by atoms with Crippen molar-refractivity contribution < 1.29 is 9.53 Å². The first-order chi connectivity index (χ1) is 9.45. The number of nitrogens with zero attached hydrogens (tertiary/aromatic N) is 3. The van der Waals surface area contributed by atoms with Gasteiger partial charge < -0.3 is 15.4 Å². The number of nitrogens with two attached hydrogens (primary N) is 1. The molecule has 2 N–H and O–H groups in total. The zero-order chi connectivity index (χ0) is 14.8. The van der Waals surface area contributed by atoms with Gasteiger partial charge in [-0.15, -0.1) is 0 Å². The maximum Gasteiger partial charge on any atom is 0.186 e. The molecule has 20 heavy (non-hydrogen) atoms. The van der Waals surface area contributed by atoms with Crippen molar-refractivity contribution in [2.45, 2.75) is 37.8 Å². The molecule has 1 aliphatic rings. The van der Waals surface area contributed by atoms with Gasteiger partial charge in [-0.25, -0.2) is 0 Å². The van der Waals surface area contributed by atoms with Crippen molar-refractivity contribution in [2.75, 3.05) is 27.7 Å². The van der Waals surface area contributed by atoms with Gasteiger partial charge in [0, 0.05) is 18.5 Å². The minimum atomic E-state index is -0.321. The SMILES string of the molecule is COc1cnn(CCN(C)C)c1C(=O)CC1(N)CCC1. The van der Waals surface area contributed by atoms with Gasteiger partial charge in [0.2, 0.25) is 0 Å². The molecule has 0 bridgehead atoms. The summed E-state index contributed by atoms with van der Waals surface area (Å²) in [7, 11) is 5.54. The highest BCUT2D eigenvalue weighted by Crippen LogP contribution is 2.34. The van der Waals surface area contributed by atoms with Gasteiger partial charge in [0.1, 0.15) is 5.69 Å². The highest BCUT2D eigenvalue weighted by atomic mass is 16.5. The van der Waals surface area contributed by atoms with Crippen LogP contribution in [0, 0.1) is 0 Å². The maximum absolute atomic E-state index is 12.5. The van der Waals surface area contributed by atoms with Gasteiger partial charge in [0.05, 0.1) is 19.9 Å². The highest BCUT2D eigenvalue weighted by Gasteiger charge is 2.36. The normalized spacial score (nSPS) is 17.1. The lowest BCUT2D eigenvalue weighted by Gasteiger charge is -2.37. The molecule has 2 rings (SSSR count). The third-order valence-corrected chi connectivity index (χ3v) is 3.91. The van der Waals surface area contributed by atoms with Crippen LogP contribution in [0.1, 0.15) is 36.2 Å². The van der Waals surface area contributed by atoms with E-state index in [2.05, 4.69) is 10.00 Å². The van der Waals surface area contributed by atoms with E-state index in [1.807, 2.05) is 14.1 Å². The quantitative estimate of drug-likeness (QED) is 0.751. The fourth-order valence-electron chi connectivity index (χ4n) is 2.47. The van der Waals surface area contributed by atoms with E-state index < -0.39 is 0 Å². The number of carbonyl (C=O) groups is 1. The van der Waals surface area contributed by atoms with Crippen LogP contribution in [0.5, 0.6) is 5.75 Å². The Kier molecular flexibility index (Phi) is 4.45. The second-order valence-electron chi connectivity index (χ2n) is 5.90. The Morgan fingerprint density at radius 3 is 2.75 bits per heavy atom. The molecule has 0 aliphatic heterocycles. The first-order valence-electron chi connectivity index (χ1n) is 7.02. The topological polar surface area (TPSA) is 73.4 Å². The van der Waals surface area contributed by atoms with E-state index >= 15 is 0 Å². The molecular formula is C14H24N4O2. The number of ether oxygens (including phenoxy) is 1. The van der Waals surface area contributed by atoms with Crippen molar-refractivity contribution in [1.29, 1.82) is 0 Å². The van der Waals surface area contributed by atoms with Gasteiger partial charge in [-0.1, -0.05) is 0 Å². The van der Waals surface area contributed by atoms with Crippen LogP contribution in [-0.4, -0.2) is 53.8 Å². The zero-order valence-electron chi connectivity index (χ0n) is 12.6. The fourth-order valence-corrected chi connectivity index (χ4v) is 2.47. The van der Waals surface area contributed by atoms with Crippen molar-refractivity contribution in [2.24, 2.45) is 5.73 Å². The molecule has 0 atom stereocenters. The Bertz CT molecular complexity index is 478. The third-order valence-electron chi connectivity index (χ3n) is 3.91. The molecule has 6 nitrogen and oxygen atoms in total. The minimum absolute atomic E-state index is 0.0281. The number of hydrogen-bond donors (Lipinski definition) is 1. The second-order valence-corrected chi connectivity index (χ2v) is 5.90. The van der Waals surface area contributed by atoms with E-state index in [4.69, 9.17) is 10.5 Å². The van der Waals surface area contributed by atoms with Crippen LogP contribution in [0.4, 0.5) is 0 Å². The number of aromatic nitrogens is 2. The van der Waals surface area contributed by atoms with Crippen molar-refractivity contribution in [3.8, 4) is 5.75 Å². The van der Waals surface area contributed by atoms with E-state index in [1.165, 1.54) is 0 Å². The fraction of sp³-hybridized carbons (Fsp3) is 0.714. The summed E-state index contributed by atoms with van der Waals surface area (Å²) < 4.78 is 6.99. The number of likely N-dealkylation sites (N-methyl/N-ethyl adjacent to an activating group) is 1. The first kappa shape index (κ1) is 15.0. The van der Waals surface area contributed by atoms with Crippen molar-refractivity contribution in [3.05, 3.63) is 11.9 Å². The van der Waals surface area contributed by atoms with E-state index in [1.54, 1.807) is 18.0 Å². The molecule has 0 unspecified atom stereocenters. The van der Waals surface area contributed by atoms with Gasteiger partial charge in [0.15, 0.2) is 11.5 Å².